The number of benzene rings is 1. The van der Waals surface area contributed by atoms with Crippen LogP contribution in [0.5, 0.6) is 0 Å². The number of aryl methyl sites for hydroxylation is 1. The van der Waals surface area contributed by atoms with Gasteiger partial charge < -0.3 is 14.2 Å². The highest BCUT2D eigenvalue weighted by atomic mass is 32.1. The molecule has 4 rings (SSSR count). The van der Waals surface area contributed by atoms with Gasteiger partial charge >= 0.3 is 5.97 Å². The molecule has 6 nitrogen and oxygen atoms in total. The number of para-hydroxylation sites is 1. The van der Waals surface area contributed by atoms with Gasteiger partial charge in [-0.05, 0) is 37.1 Å². The van der Waals surface area contributed by atoms with Crippen LogP contribution in [0.2, 0.25) is 0 Å². The maximum absolute atomic E-state index is 12.5. The molecule has 140 valence electrons. The van der Waals surface area contributed by atoms with Crippen molar-refractivity contribution in [1.82, 2.24) is 14.5 Å². The molecule has 0 spiro atoms. The van der Waals surface area contributed by atoms with Gasteiger partial charge in [-0.25, -0.2) is 9.78 Å². The topological polar surface area (TPSA) is 64.4 Å². The van der Waals surface area contributed by atoms with Crippen LogP contribution < -0.4 is 0 Å². The summed E-state index contributed by atoms with van der Waals surface area (Å²) in [5.41, 5.74) is 1.45. The molecule has 1 atom stereocenters. The highest BCUT2D eigenvalue weighted by molar-refractivity contribution is 7.18. The van der Waals surface area contributed by atoms with E-state index in [1.807, 2.05) is 18.2 Å². The summed E-state index contributed by atoms with van der Waals surface area (Å²) in [4.78, 5) is 31.1. The molecule has 1 saturated heterocycles. The number of nitrogens with zero attached hydrogens (tertiary/aromatic N) is 3. The molecule has 2 aromatic heterocycles. The van der Waals surface area contributed by atoms with Gasteiger partial charge in [0, 0.05) is 32.3 Å². The van der Waals surface area contributed by atoms with Crippen molar-refractivity contribution >= 4 is 33.4 Å². The predicted molar refractivity (Wildman–Crippen MR) is 104 cm³/mol. The van der Waals surface area contributed by atoms with E-state index in [-0.39, 0.29) is 18.4 Å². The van der Waals surface area contributed by atoms with Gasteiger partial charge in [0.05, 0.1) is 15.2 Å². The zero-order chi connectivity index (χ0) is 18.8. The summed E-state index contributed by atoms with van der Waals surface area (Å²) < 4.78 is 8.06. The quantitative estimate of drug-likeness (QED) is 0.649. The third-order valence-electron chi connectivity index (χ3n) is 4.91. The lowest BCUT2D eigenvalue weighted by molar-refractivity contribution is -0.135. The number of aromatic nitrogens is 2. The number of hydrogen-bond acceptors (Lipinski definition) is 5. The van der Waals surface area contributed by atoms with E-state index in [9.17, 15) is 9.59 Å². The maximum atomic E-state index is 12.5. The first-order valence-electron chi connectivity index (χ1n) is 9.03. The summed E-state index contributed by atoms with van der Waals surface area (Å²) in [6, 6.07) is 11.5. The molecular weight excluding hydrogens is 362 g/mol. The first kappa shape index (κ1) is 17.7. The lowest BCUT2D eigenvalue weighted by Crippen LogP contribution is -2.41. The zero-order valence-electron chi connectivity index (χ0n) is 15.1. The number of fused-ring (bicyclic) bond motifs is 1. The fourth-order valence-electron chi connectivity index (χ4n) is 3.44. The zero-order valence-corrected chi connectivity index (χ0v) is 15.9. The number of hydrogen-bond donors (Lipinski definition) is 0. The molecule has 0 unspecified atom stereocenters. The molecule has 7 heteroatoms. The smallest absolute Gasteiger partial charge is 0.355 e. The van der Waals surface area contributed by atoms with Crippen molar-refractivity contribution in [2.45, 2.75) is 18.8 Å². The monoisotopic (exact) mass is 383 g/mol. The Morgan fingerprint density at radius 1 is 1.26 bits per heavy atom. The summed E-state index contributed by atoms with van der Waals surface area (Å²) in [7, 11) is 1.77. The molecule has 1 amide bonds. The van der Waals surface area contributed by atoms with Gasteiger partial charge in [0.25, 0.3) is 5.91 Å². The first-order chi connectivity index (χ1) is 13.1. The first-order valence-corrected chi connectivity index (χ1v) is 9.85. The third-order valence-corrected chi connectivity index (χ3v) is 6.11. The van der Waals surface area contributed by atoms with Crippen molar-refractivity contribution in [1.29, 1.82) is 0 Å². The highest BCUT2D eigenvalue weighted by Crippen LogP contribution is 2.32. The summed E-state index contributed by atoms with van der Waals surface area (Å²) in [6.07, 6.45) is 3.72. The second kappa shape index (κ2) is 7.52. The molecule has 0 N–H and O–H groups in total. The predicted octanol–water partition coefficient (Wildman–Crippen LogP) is 3.20. The maximum Gasteiger partial charge on any atom is 0.355 e. The summed E-state index contributed by atoms with van der Waals surface area (Å²) >= 11 is 1.70. The van der Waals surface area contributed by atoms with Gasteiger partial charge in [-0.15, -0.1) is 11.3 Å². The average molecular weight is 383 g/mol. The Labute approximate surface area is 161 Å². The van der Waals surface area contributed by atoms with Crippen LogP contribution in [0.25, 0.3) is 10.2 Å². The molecule has 1 aliphatic heterocycles. The minimum absolute atomic E-state index is 0.150. The number of ether oxygens (including phenoxy) is 1. The van der Waals surface area contributed by atoms with Crippen molar-refractivity contribution in [3.63, 3.8) is 0 Å². The second-order valence-electron chi connectivity index (χ2n) is 6.78. The highest BCUT2D eigenvalue weighted by Gasteiger charge is 2.27. The molecule has 3 aromatic rings. The van der Waals surface area contributed by atoms with E-state index in [1.54, 1.807) is 46.2 Å². The van der Waals surface area contributed by atoms with Crippen LogP contribution in [0.4, 0.5) is 0 Å². The minimum Gasteiger partial charge on any atom is -0.451 e. The number of thiazole rings is 1. The van der Waals surface area contributed by atoms with Crippen molar-refractivity contribution < 1.29 is 14.3 Å². The summed E-state index contributed by atoms with van der Waals surface area (Å²) in [5, 5.41) is 1.08. The number of carbonyl (C=O) groups is 2. The molecular formula is C20H21N3O3S. The number of rotatable bonds is 4. The largest absolute Gasteiger partial charge is 0.451 e. The third kappa shape index (κ3) is 3.73. The Balaban J connectivity index is 1.38. The summed E-state index contributed by atoms with van der Waals surface area (Å²) in [6.45, 7) is 1.10. The van der Waals surface area contributed by atoms with Crippen LogP contribution in [-0.2, 0) is 16.6 Å². The van der Waals surface area contributed by atoms with Crippen LogP contribution in [0.3, 0.4) is 0 Å². The van der Waals surface area contributed by atoms with Gasteiger partial charge in [-0.1, -0.05) is 12.1 Å². The van der Waals surface area contributed by atoms with E-state index < -0.39 is 5.97 Å². The van der Waals surface area contributed by atoms with Crippen LogP contribution in [0.1, 0.15) is 34.3 Å². The van der Waals surface area contributed by atoms with Crippen molar-refractivity contribution in [3.8, 4) is 0 Å². The Morgan fingerprint density at radius 2 is 2.11 bits per heavy atom. The van der Waals surface area contributed by atoms with Crippen molar-refractivity contribution in [3.05, 3.63) is 53.3 Å². The number of likely N-dealkylation sites (tertiary alicyclic amines) is 1. The molecule has 27 heavy (non-hydrogen) atoms. The van der Waals surface area contributed by atoms with Crippen LogP contribution in [-0.4, -0.2) is 46.0 Å². The molecule has 3 heterocycles. The van der Waals surface area contributed by atoms with E-state index in [2.05, 4.69) is 6.07 Å². The van der Waals surface area contributed by atoms with Gasteiger partial charge in [0.2, 0.25) is 0 Å². The molecule has 0 aliphatic carbocycles. The van der Waals surface area contributed by atoms with E-state index >= 15 is 0 Å². The van der Waals surface area contributed by atoms with E-state index in [4.69, 9.17) is 9.72 Å². The number of esters is 1. The normalized spacial score (nSPS) is 17.2. The molecule has 1 aliphatic rings. The van der Waals surface area contributed by atoms with Gasteiger partial charge in [-0.2, -0.15) is 0 Å². The fourth-order valence-corrected chi connectivity index (χ4v) is 4.53. The van der Waals surface area contributed by atoms with Crippen molar-refractivity contribution in [2.24, 2.45) is 7.05 Å². The molecule has 1 aromatic carbocycles. The lowest BCUT2D eigenvalue weighted by Gasteiger charge is -2.31. The minimum atomic E-state index is -0.476. The average Bonchev–Trinajstić information content (AvgIpc) is 3.32. The molecule has 0 bridgehead atoms. The Kier molecular flexibility index (Phi) is 4.94. The fraction of sp³-hybridized carbons (Fsp3) is 0.350. The van der Waals surface area contributed by atoms with Crippen LogP contribution in [0.15, 0.2) is 42.6 Å². The molecule has 0 saturated carbocycles. The van der Waals surface area contributed by atoms with Crippen LogP contribution in [0, 0.1) is 0 Å². The van der Waals surface area contributed by atoms with Crippen LogP contribution >= 0.6 is 11.3 Å². The Hall–Kier alpha value is -2.67. The van der Waals surface area contributed by atoms with Gasteiger partial charge in [0.1, 0.15) is 5.69 Å². The number of carbonyl (C=O) groups excluding carboxylic acids is 2. The standard InChI is InChI=1S/C20H21N3O3S/c1-22-10-5-8-16(22)20(25)26-13-18(24)23-11-4-6-14(12-23)19-21-15-7-2-3-9-17(15)27-19/h2-3,5,7-10,14H,4,6,11-13H2,1H3/t14-/m1/s1. The Bertz CT molecular complexity index is 945. The van der Waals surface area contributed by atoms with Gasteiger partial charge in [-0.3, -0.25) is 4.79 Å². The molecule has 0 radical (unpaired) electrons. The molecule has 1 fully saturated rings. The van der Waals surface area contributed by atoms with Crippen molar-refractivity contribution in [2.75, 3.05) is 19.7 Å². The SMILES string of the molecule is Cn1cccc1C(=O)OCC(=O)N1CCC[C@@H](c2nc3ccccc3s2)C1. The van der Waals surface area contributed by atoms with E-state index in [0.29, 0.717) is 18.8 Å². The second-order valence-corrected chi connectivity index (χ2v) is 7.84. The Morgan fingerprint density at radius 3 is 2.89 bits per heavy atom. The van der Waals surface area contributed by atoms with Gasteiger partial charge in [0.15, 0.2) is 6.61 Å². The lowest BCUT2D eigenvalue weighted by atomic mass is 9.99. The van der Waals surface area contributed by atoms with E-state index in [1.165, 1.54) is 4.70 Å². The summed E-state index contributed by atoms with van der Waals surface area (Å²) in [5.74, 6) is -0.386. The number of piperidine rings is 1. The number of amides is 1. The van der Waals surface area contributed by atoms with E-state index in [0.717, 1.165) is 23.4 Å².